The molecular formula is C26H26Cl2N4O3. The fourth-order valence-electron chi connectivity index (χ4n) is 5.03. The number of hydrogen-bond acceptors (Lipinski definition) is 6. The van der Waals surface area contributed by atoms with Crippen LogP contribution in [0.25, 0.3) is 0 Å². The first-order chi connectivity index (χ1) is 16.8. The third-order valence-electron chi connectivity index (χ3n) is 7.08. The van der Waals surface area contributed by atoms with Gasteiger partial charge in [-0.05, 0) is 42.8 Å². The van der Waals surface area contributed by atoms with E-state index in [1.807, 2.05) is 24.3 Å². The number of hydrazine groups is 1. The van der Waals surface area contributed by atoms with Crippen LogP contribution in [-0.4, -0.2) is 41.1 Å². The van der Waals surface area contributed by atoms with Gasteiger partial charge >= 0.3 is 0 Å². The van der Waals surface area contributed by atoms with Crippen molar-refractivity contribution in [3.05, 3.63) is 98.8 Å². The lowest BCUT2D eigenvalue weighted by Gasteiger charge is -2.38. The van der Waals surface area contributed by atoms with E-state index in [2.05, 4.69) is 15.8 Å². The Kier molecular flexibility index (Phi) is 6.34. The third kappa shape index (κ3) is 4.02. The van der Waals surface area contributed by atoms with Crippen LogP contribution in [0.1, 0.15) is 39.7 Å². The molecule has 2 aliphatic heterocycles. The highest BCUT2D eigenvalue weighted by atomic mass is 35.5. The normalized spacial score (nSPS) is 21.9. The predicted octanol–water partition coefficient (Wildman–Crippen LogP) is 3.82. The Morgan fingerprint density at radius 1 is 1.11 bits per heavy atom. The van der Waals surface area contributed by atoms with E-state index in [-0.39, 0.29) is 18.4 Å². The minimum atomic E-state index is -1.20. The lowest BCUT2D eigenvalue weighted by Crippen LogP contribution is -2.45. The molecule has 0 spiro atoms. The second kappa shape index (κ2) is 9.17. The average Bonchev–Trinajstić information content (AvgIpc) is 3.48. The molecule has 0 saturated carbocycles. The molecule has 1 amide bonds. The van der Waals surface area contributed by atoms with Crippen LogP contribution in [0.4, 0.5) is 0 Å². The number of carbonyl (C=O) groups is 1. The number of nitrogens with one attached hydrogen (secondary N) is 2. The van der Waals surface area contributed by atoms with Crippen LogP contribution < -0.4 is 10.9 Å². The Balaban J connectivity index is 1.64. The number of aromatic nitrogens is 1. The van der Waals surface area contributed by atoms with E-state index in [0.29, 0.717) is 45.5 Å². The van der Waals surface area contributed by atoms with E-state index in [4.69, 9.17) is 27.9 Å². The van der Waals surface area contributed by atoms with Crippen molar-refractivity contribution in [2.45, 2.75) is 24.8 Å². The van der Waals surface area contributed by atoms with Crippen molar-refractivity contribution in [1.29, 1.82) is 0 Å². The molecule has 1 fully saturated rings. The number of aliphatic hydroxyl groups is 1. The molecule has 1 aromatic heterocycles. The van der Waals surface area contributed by atoms with Gasteiger partial charge in [-0.25, -0.2) is 0 Å². The van der Waals surface area contributed by atoms with Gasteiger partial charge in [0.15, 0.2) is 5.72 Å². The molecule has 0 bridgehead atoms. The Hall–Kier alpha value is -2.52. The number of hydrogen-bond donors (Lipinski definition) is 3. The molecule has 1 saturated heterocycles. The lowest BCUT2D eigenvalue weighted by molar-refractivity contribution is -0.0868. The molecule has 182 valence electrons. The molecule has 5 rings (SSSR count). The summed E-state index contributed by atoms with van der Waals surface area (Å²) in [6.07, 6.45) is 1.56. The van der Waals surface area contributed by atoms with Crippen molar-refractivity contribution >= 4 is 29.1 Å². The topological polar surface area (TPSA) is 86.7 Å². The zero-order valence-electron chi connectivity index (χ0n) is 19.4. The molecule has 2 aliphatic rings. The van der Waals surface area contributed by atoms with Gasteiger partial charge < -0.3 is 9.84 Å². The molecule has 2 aromatic carbocycles. The van der Waals surface area contributed by atoms with E-state index in [1.165, 1.54) is 0 Å². The van der Waals surface area contributed by atoms with Crippen LogP contribution in [-0.2, 0) is 22.6 Å². The number of benzene rings is 2. The minimum absolute atomic E-state index is 0.0464. The number of methoxy groups -OCH3 is 1. The number of nitrogens with zero attached hydrogens (tertiary/aromatic N) is 2. The highest BCUT2D eigenvalue weighted by molar-refractivity contribution is 6.30. The average molecular weight is 513 g/mol. The molecular weight excluding hydrogens is 487 g/mol. The van der Waals surface area contributed by atoms with Gasteiger partial charge in [0.05, 0.1) is 22.9 Å². The van der Waals surface area contributed by atoms with E-state index in [0.717, 1.165) is 5.56 Å². The summed E-state index contributed by atoms with van der Waals surface area (Å²) in [7, 11) is 1.58. The van der Waals surface area contributed by atoms with E-state index in [1.54, 1.807) is 55.5 Å². The fourth-order valence-corrected chi connectivity index (χ4v) is 5.27. The standard InChI is InChI=1S/C26H26Cl2N4O3/c1-25(34,18-12-30-31-13-18)17-5-10-23-22(11-17)24(33)32(15-21-9-8-20(28)14-29-21)26(23,35-2)16-3-6-19(27)7-4-16/h3-11,14,18,30-31,34H,12-13,15H2,1-2H3/t25?,26-/m1/s1. The number of ether oxygens (including phenoxy) is 1. The molecule has 3 N–H and O–H groups in total. The fraction of sp³-hybridized carbons (Fsp3) is 0.308. The van der Waals surface area contributed by atoms with Gasteiger partial charge in [-0.2, -0.15) is 0 Å². The zero-order chi connectivity index (χ0) is 24.8. The van der Waals surface area contributed by atoms with Crippen molar-refractivity contribution in [3.8, 4) is 0 Å². The summed E-state index contributed by atoms with van der Waals surface area (Å²) >= 11 is 12.2. The van der Waals surface area contributed by atoms with Crippen LogP contribution in [0.15, 0.2) is 60.8 Å². The summed E-state index contributed by atoms with van der Waals surface area (Å²) in [4.78, 5) is 20.0. The van der Waals surface area contributed by atoms with Gasteiger partial charge in [-0.15, -0.1) is 0 Å². The summed E-state index contributed by atoms with van der Waals surface area (Å²) < 4.78 is 6.18. The number of carbonyl (C=O) groups excluding carboxylic acids is 1. The molecule has 2 atom stereocenters. The minimum Gasteiger partial charge on any atom is -0.385 e. The quantitative estimate of drug-likeness (QED) is 0.465. The van der Waals surface area contributed by atoms with Crippen molar-refractivity contribution in [2.75, 3.05) is 20.2 Å². The van der Waals surface area contributed by atoms with Crippen LogP contribution in [0.5, 0.6) is 0 Å². The Labute approximate surface area is 214 Å². The molecule has 35 heavy (non-hydrogen) atoms. The lowest BCUT2D eigenvalue weighted by atomic mass is 9.81. The van der Waals surface area contributed by atoms with Crippen LogP contribution in [0.2, 0.25) is 10.0 Å². The van der Waals surface area contributed by atoms with Crippen LogP contribution >= 0.6 is 23.2 Å². The molecule has 9 heteroatoms. The maximum Gasteiger partial charge on any atom is 0.257 e. The van der Waals surface area contributed by atoms with Gasteiger partial charge in [0.25, 0.3) is 5.91 Å². The molecule has 3 heterocycles. The Morgan fingerprint density at radius 2 is 1.80 bits per heavy atom. The highest BCUT2D eigenvalue weighted by Gasteiger charge is 2.52. The third-order valence-corrected chi connectivity index (χ3v) is 7.56. The van der Waals surface area contributed by atoms with Gasteiger partial charge in [-0.3, -0.25) is 25.5 Å². The largest absolute Gasteiger partial charge is 0.385 e. The van der Waals surface area contributed by atoms with Gasteiger partial charge in [0, 0.05) is 54.0 Å². The second-order valence-corrected chi connectivity index (χ2v) is 9.95. The van der Waals surface area contributed by atoms with Crippen molar-refractivity contribution in [1.82, 2.24) is 20.7 Å². The summed E-state index contributed by atoms with van der Waals surface area (Å²) in [5, 5.41) is 12.5. The number of halogens is 2. The SMILES string of the molecule is CO[C@]1(c2ccc(Cl)cc2)c2ccc(C(C)(O)C3CNNC3)cc2C(=O)N1Cc1ccc(Cl)cn1. The number of amides is 1. The maximum absolute atomic E-state index is 13.9. The maximum atomic E-state index is 13.9. The molecule has 3 aromatic rings. The Morgan fingerprint density at radius 3 is 2.43 bits per heavy atom. The summed E-state index contributed by atoms with van der Waals surface area (Å²) in [5.41, 5.74) is 7.08. The number of fused-ring (bicyclic) bond motifs is 1. The second-order valence-electron chi connectivity index (χ2n) is 9.08. The zero-order valence-corrected chi connectivity index (χ0v) is 20.9. The predicted molar refractivity (Wildman–Crippen MR) is 134 cm³/mol. The van der Waals surface area contributed by atoms with Crippen molar-refractivity contribution < 1.29 is 14.6 Å². The molecule has 0 aliphatic carbocycles. The number of pyridine rings is 1. The van der Waals surface area contributed by atoms with Crippen molar-refractivity contribution in [3.63, 3.8) is 0 Å². The van der Waals surface area contributed by atoms with Gasteiger partial charge in [0.1, 0.15) is 0 Å². The van der Waals surface area contributed by atoms with Gasteiger partial charge in [0.2, 0.25) is 0 Å². The molecule has 7 nitrogen and oxygen atoms in total. The summed E-state index contributed by atoms with van der Waals surface area (Å²) in [6, 6.07) is 16.3. The Bertz CT molecular complexity index is 1240. The van der Waals surface area contributed by atoms with E-state index in [9.17, 15) is 9.90 Å². The first-order valence-electron chi connectivity index (χ1n) is 11.3. The summed E-state index contributed by atoms with van der Waals surface area (Å²) in [6.45, 7) is 3.23. The first kappa shape index (κ1) is 24.2. The monoisotopic (exact) mass is 512 g/mol. The van der Waals surface area contributed by atoms with Crippen LogP contribution in [0, 0.1) is 5.92 Å². The molecule has 0 radical (unpaired) electrons. The van der Waals surface area contributed by atoms with E-state index >= 15 is 0 Å². The van der Waals surface area contributed by atoms with Gasteiger partial charge in [-0.1, -0.05) is 47.5 Å². The number of rotatable bonds is 6. The summed E-state index contributed by atoms with van der Waals surface area (Å²) in [5.74, 6) is -0.260. The first-order valence-corrected chi connectivity index (χ1v) is 12.1. The highest BCUT2D eigenvalue weighted by Crippen LogP contribution is 2.47. The van der Waals surface area contributed by atoms with E-state index < -0.39 is 11.3 Å². The molecule has 1 unspecified atom stereocenters. The smallest absolute Gasteiger partial charge is 0.257 e. The van der Waals surface area contributed by atoms with Crippen LogP contribution in [0.3, 0.4) is 0 Å². The van der Waals surface area contributed by atoms with Crippen molar-refractivity contribution in [2.24, 2.45) is 5.92 Å².